The predicted molar refractivity (Wildman–Crippen MR) is 146 cm³/mol. The van der Waals surface area contributed by atoms with Gasteiger partial charge in [0.15, 0.2) is 11.6 Å². The number of carbonyl (C=O) groups excluding carboxylic acids is 1. The molecule has 0 radical (unpaired) electrons. The molecule has 15 heteroatoms. The maximum atomic E-state index is 13.4. The lowest BCUT2D eigenvalue weighted by Crippen LogP contribution is -2.40. The number of nitrogens with zero attached hydrogens (tertiary/aromatic N) is 3. The molecule has 0 aliphatic heterocycles. The van der Waals surface area contributed by atoms with Gasteiger partial charge in [-0.05, 0) is 42.5 Å². The van der Waals surface area contributed by atoms with Gasteiger partial charge in [0.1, 0.15) is 12.3 Å². The summed E-state index contributed by atoms with van der Waals surface area (Å²) < 4.78 is 73.8. The van der Waals surface area contributed by atoms with E-state index in [1.807, 2.05) is 0 Å². The zero-order chi connectivity index (χ0) is 29.1. The molecule has 0 aliphatic rings. The summed E-state index contributed by atoms with van der Waals surface area (Å²) in [5.41, 5.74) is 6.10. The van der Waals surface area contributed by atoms with E-state index in [9.17, 15) is 26.4 Å². The lowest BCUT2D eigenvalue weighted by atomic mass is 10.2. The van der Waals surface area contributed by atoms with Gasteiger partial charge in [-0.1, -0.05) is 29.8 Å². The van der Waals surface area contributed by atoms with Crippen molar-refractivity contribution in [1.82, 2.24) is 9.97 Å². The Morgan fingerprint density at radius 1 is 1.02 bits per heavy atom. The van der Waals surface area contributed by atoms with Gasteiger partial charge >= 0.3 is 6.18 Å². The van der Waals surface area contributed by atoms with Gasteiger partial charge in [0.2, 0.25) is 5.91 Å². The van der Waals surface area contributed by atoms with E-state index in [1.165, 1.54) is 25.3 Å². The van der Waals surface area contributed by atoms with Crippen molar-refractivity contribution in [3.63, 3.8) is 0 Å². The number of amides is 1. The van der Waals surface area contributed by atoms with Crippen LogP contribution in [-0.4, -0.2) is 50.7 Å². The van der Waals surface area contributed by atoms with Gasteiger partial charge < -0.3 is 20.7 Å². The molecule has 4 rings (SSSR count). The van der Waals surface area contributed by atoms with Gasteiger partial charge in [0.25, 0.3) is 10.0 Å². The number of ether oxygens (including phenoxy) is 1. The molecule has 0 saturated carbocycles. The fourth-order valence-corrected chi connectivity index (χ4v) is 4.90. The van der Waals surface area contributed by atoms with E-state index in [1.54, 1.807) is 42.5 Å². The number of nitrogens with two attached hydrogens (primary N) is 1. The first kappa shape index (κ1) is 28.7. The first-order valence-electron chi connectivity index (χ1n) is 11.4. The van der Waals surface area contributed by atoms with E-state index >= 15 is 0 Å². The average Bonchev–Trinajstić information content (AvgIpc) is 2.88. The van der Waals surface area contributed by atoms with Gasteiger partial charge in [0, 0.05) is 11.8 Å². The Morgan fingerprint density at radius 3 is 2.33 bits per heavy atom. The zero-order valence-corrected chi connectivity index (χ0v) is 22.3. The molecule has 0 atom stereocenters. The summed E-state index contributed by atoms with van der Waals surface area (Å²) in [7, 11) is -2.95. The van der Waals surface area contributed by atoms with Crippen LogP contribution in [0.4, 0.5) is 36.2 Å². The third kappa shape index (κ3) is 7.01. The summed E-state index contributed by atoms with van der Waals surface area (Å²) in [6, 6.07) is 16.2. The van der Waals surface area contributed by atoms with Crippen LogP contribution < -0.4 is 25.4 Å². The summed E-state index contributed by atoms with van der Waals surface area (Å²) in [6.07, 6.45) is -4.68. The van der Waals surface area contributed by atoms with Crippen LogP contribution in [0.2, 0.25) is 5.02 Å². The maximum Gasteiger partial charge on any atom is 0.405 e. The van der Waals surface area contributed by atoms with Gasteiger partial charge in [-0.3, -0.25) is 9.52 Å². The second-order valence-electron chi connectivity index (χ2n) is 8.42. The van der Waals surface area contributed by atoms with Crippen molar-refractivity contribution >= 4 is 61.6 Å². The van der Waals surface area contributed by atoms with Crippen LogP contribution in [0.5, 0.6) is 5.75 Å². The Morgan fingerprint density at radius 2 is 1.70 bits per heavy atom. The molecule has 210 valence electrons. The lowest BCUT2D eigenvalue weighted by Gasteiger charge is -2.25. The number of benzene rings is 3. The molecular weight excluding hydrogens is 573 g/mol. The van der Waals surface area contributed by atoms with Crippen molar-refractivity contribution in [1.29, 1.82) is 0 Å². The summed E-state index contributed by atoms with van der Waals surface area (Å²) >= 11 is 6.31. The number of halogens is 4. The van der Waals surface area contributed by atoms with E-state index in [2.05, 4.69) is 20.0 Å². The molecule has 0 saturated heterocycles. The van der Waals surface area contributed by atoms with E-state index in [0.29, 0.717) is 27.4 Å². The number of primary amides is 1. The van der Waals surface area contributed by atoms with Crippen molar-refractivity contribution in [2.75, 3.05) is 35.1 Å². The van der Waals surface area contributed by atoms with Crippen molar-refractivity contribution in [2.24, 2.45) is 5.73 Å². The molecule has 0 fully saturated rings. The third-order valence-corrected chi connectivity index (χ3v) is 7.10. The average molecular weight is 595 g/mol. The Bertz CT molecular complexity index is 1670. The summed E-state index contributed by atoms with van der Waals surface area (Å²) in [6.45, 7) is -2.29. The highest BCUT2D eigenvalue weighted by Gasteiger charge is 2.32. The first-order valence-corrected chi connectivity index (χ1v) is 13.3. The number of methoxy groups -OCH3 is 1. The predicted octanol–water partition coefficient (Wildman–Crippen LogP) is 4.69. The smallest absolute Gasteiger partial charge is 0.405 e. The summed E-state index contributed by atoms with van der Waals surface area (Å²) in [4.78, 5) is 20.5. The molecular formula is C25H22ClF3N6O4S. The SMILES string of the molecule is COc1ccc(Cl)c(Nc2nc3ccccc3nc2NS(=O)(=O)c2cccc(N(CC(N)=O)CC(F)(F)F)c2)c1. The molecule has 1 heterocycles. The Labute approximate surface area is 232 Å². The standard InChI is InChI=1S/C25H22ClF3N6O4S/c1-39-16-9-10-18(26)21(12-16)33-23-24(32-20-8-3-2-7-19(20)31-23)34-40(37,38)17-6-4-5-15(11-17)35(13-22(30)36)14-25(27,28)29/h2-12H,13-14H2,1H3,(H2,30,36)(H,31,33)(H,32,34). The molecule has 40 heavy (non-hydrogen) atoms. The highest BCUT2D eigenvalue weighted by molar-refractivity contribution is 7.92. The van der Waals surface area contributed by atoms with Crippen LogP contribution in [0, 0.1) is 0 Å². The number of para-hydroxylation sites is 2. The molecule has 4 N–H and O–H groups in total. The lowest BCUT2D eigenvalue weighted by molar-refractivity contribution is -0.122. The van der Waals surface area contributed by atoms with Crippen molar-refractivity contribution in [2.45, 2.75) is 11.1 Å². The molecule has 1 amide bonds. The number of sulfonamides is 1. The maximum absolute atomic E-state index is 13.4. The molecule has 3 aromatic carbocycles. The Kier molecular flexibility index (Phi) is 8.21. The van der Waals surface area contributed by atoms with Crippen molar-refractivity contribution < 1.29 is 31.1 Å². The molecule has 10 nitrogen and oxygen atoms in total. The highest BCUT2D eigenvalue weighted by atomic mass is 35.5. The van der Waals surface area contributed by atoms with Crippen molar-refractivity contribution in [3.05, 3.63) is 71.8 Å². The van der Waals surface area contributed by atoms with E-state index in [-0.39, 0.29) is 27.2 Å². The third-order valence-electron chi connectivity index (χ3n) is 5.44. The fraction of sp³-hybridized carbons (Fsp3) is 0.160. The quantitative estimate of drug-likeness (QED) is 0.240. The minimum absolute atomic E-state index is 0.000934. The van der Waals surface area contributed by atoms with E-state index in [4.69, 9.17) is 22.1 Å². The highest BCUT2D eigenvalue weighted by Crippen LogP contribution is 2.33. The monoisotopic (exact) mass is 594 g/mol. The molecule has 0 spiro atoms. The number of rotatable bonds is 10. The van der Waals surface area contributed by atoms with E-state index in [0.717, 1.165) is 6.07 Å². The summed E-state index contributed by atoms with van der Waals surface area (Å²) in [5, 5.41) is 3.25. The Hall–Kier alpha value is -4.30. The van der Waals surface area contributed by atoms with Gasteiger partial charge in [-0.15, -0.1) is 0 Å². The number of aromatic nitrogens is 2. The van der Waals surface area contributed by atoms with Gasteiger partial charge in [0.05, 0.1) is 40.3 Å². The molecule has 0 unspecified atom stereocenters. The van der Waals surface area contributed by atoms with E-state index < -0.39 is 35.2 Å². The van der Waals surface area contributed by atoms with Crippen LogP contribution in [0.25, 0.3) is 11.0 Å². The normalized spacial score (nSPS) is 11.7. The number of carbonyl (C=O) groups is 1. The molecule has 4 aromatic rings. The van der Waals surface area contributed by atoms with Crippen LogP contribution in [0.3, 0.4) is 0 Å². The Balaban J connectivity index is 1.74. The zero-order valence-electron chi connectivity index (χ0n) is 20.7. The van der Waals surface area contributed by atoms with Crippen LogP contribution >= 0.6 is 11.6 Å². The topological polar surface area (TPSA) is 140 Å². The minimum atomic E-state index is -4.68. The number of nitrogens with one attached hydrogen (secondary N) is 2. The second kappa shape index (κ2) is 11.4. The van der Waals surface area contributed by atoms with Crippen LogP contribution in [0.1, 0.15) is 0 Å². The van der Waals surface area contributed by atoms with Crippen molar-refractivity contribution in [3.8, 4) is 5.75 Å². The fourth-order valence-electron chi connectivity index (χ4n) is 3.69. The van der Waals surface area contributed by atoms with Gasteiger partial charge in [-0.25, -0.2) is 18.4 Å². The first-order chi connectivity index (χ1) is 18.8. The minimum Gasteiger partial charge on any atom is -0.497 e. The second-order valence-corrected chi connectivity index (χ2v) is 10.5. The molecule has 1 aromatic heterocycles. The van der Waals surface area contributed by atoms with Crippen LogP contribution in [0.15, 0.2) is 71.6 Å². The number of hydrogen-bond acceptors (Lipinski definition) is 8. The number of alkyl halides is 3. The number of anilines is 4. The number of hydrogen-bond donors (Lipinski definition) is 3. The number of fused-ring (bicyclic) bond motifs is 1. The molecule has 0 bridgehead atoms. The molecule has 0 aliphatic carbocycles. The summed E-state index contributed by atoms with van der Waals surface area (Å²) in [5.74, 6) is -0.749. The van der Waals surface area contributed by atoms with Gasteiger partial charge in [-0.2, -0.15) is 13.2 Å². The largest absolute Gasteiger partial charge is 0.497 e. The van der Waals surface area contributed by atoms with Crippen LogP contribution in [-0.2, 0) is 14.8 Å².